The molecule has 24 heavy (non-hydrogen) atoms. The molecule has 5 heteroatoms. The fourth-order valence-corrected chi connectivity index (χ4v) is 2.63. The fourth-order valence-electron chi connectivity index (χ4n) is 2.63. The number of unbranched alkanes of at least 4 members (excludes halogenated alkanes) is 6. The second kappa shape index (κ2) is 15.6. The van der Waals surface area contributed by atoms with Crippen molar-refractivity contribution in [1.82, 2.24) is 0 Å². The Hall–Kier alpha value is -0.910. The predicted molar refractivity (Wildman–Crippen MR) is 96.0 cm³/mol. The molecule has 0 bridgehead atoms. The van der Waals surface area contributed by atoms with Crippen LogP contribution in [0.4, 0.5) is 0 Å². The number of aliphatic hydroxyl groups is 2. The van der Waals surface area contributed by atoms with Crippen molar-refractivity contribution < 1.29 is 24.9 Å². The quantitative estimate of drug-likeness (QED) is 0.294. The number of methoxy groups -OCH3 is 1. The molecule has 142 valence electrons. The standard InChI is InChI=1S/C19H36O5/c1-3-4-8-12-17(21)18(24-2)15-14-16(20)11-9-6-5-7-10-13-19(22)23/h14-18,20-21H,3-13H2,1-2H3,(H,22,23)/b15-14+. The molecule has 0 aromatic heterocycles. The number of aliphatic carboxylic acids is 1. The first-order chi connectivity index (χ1) is 11.5. The molecule has 3 N–H and O–H groups in total. The third-order valence-electron chi connectivity index (χ3n) is 4.17. The molecule has 0 radical (unpaired) electrons. The summed E-state index contributed by atoms with van der Waals surface area (Å²) in [6, 6.07) is 0. The van der Waals surface area contributed by atoms with Crippen molar-refractivity contribution in [3.63, 3.8) is 0 Å². The molecule has 0 fully saturated rings. The lowest BCUT2D eigenvalue weighted by Gasteiger charge is -2.18. The maximum absolute atomic E-state index is 10.4. The van der Waals surface area contributed by atoms with E-state index in [1.54, 1.807) is 19.3 Å². The van der Waals surface area contributed by atoms with Crippen molar-refractivity contribution >= 4 is 5.97 Å². The second-order valence-electron chi connectivity index (χ2n) is 6.42. The van der Waals surface area contributed by atoms with Gasteiger partial charge in [-0.25, -0.2) is 0 Å². The highest BCUT2D eigenvalue weighted by Crippen LogP contribution is 2.13. The molecule has 5 nitrogen and oxygen atoms in total. The van der Waals surface area contributed by atoms with Gasteiger partial charge in [-0.1, -0.05) is 64.0 Å². The molecular weight excluding hydrogens is 308 g/mol. The van der Waals surface area contributed by atoms with Crippen LogP contribution in [0, 0.1) is 0 Å². The zero-order valence-corrected chi connectivity index (χ0v) is 15.3. The first kappa shape index (κ1) is 23.1. The van der Waals surface area contributed by atoms with E-state index in [2.05, 4.69) is 6.92 Å². The monoisotopic (exact) mass is 344 g/mol. The van der Waals surface area contributed by atoms with E-state index in [1.807, 2.05) is 0 Å². The van der Waals surface area contributed by atoms with E-state index in [1.165, 1.54) is 0 Å². The van der Waals surface area contributed by atoms with Gasteiger partial charge in [-0.15, -0.1) is 0 Å². The number of carbonyl (C=O) groups is 1. The van der Waals surface area contributed by atoms with E-state index in [4.69, 9.17) is 9.84 Å². The van der Waals surface area contributed by atoms with E-state index in [9.17, 15) is 15.0 Å². The lowest BCUT2D eigenvalue weighted by Crippen LogP contribution is -2.26. The fraction of sp³-hybridized carbons (Fsp3) is 0.842. The molecular formula is C19H36O5. The van der Waals surface area contributed by atoms with Gasteiger partial charge >= 0.3 is 5.97 Å². The molecule has 0 heterocycles. The van der Waals surface area contributed by atoms with Crippen molar-refractivity contribution in [2.24, 2.45) is 0 Å². The molecule has 3 atom stereocenters. The van der Waals surface area contributed by atoms with Crippen LogP contribution in [0.1, 0.15) is 77.6 Å². The van der Waals surface area contributed by atoms with Gasteiger partial charge in [0.15, 0.2) is 0 Å². The summed E-state index contributed by atoms with van der Waals surface area (Å²) in [4.78, 5) is 10.4. The van der Waals surface area contributed by atoms with Crippen LogP contribution in [0.15, 0.2) is 12.2 Å². The Morgan fingerprint density at radius 3 is 2.21 bits per heavy atom. The molecule has 0 aliphatic rings. The third kappa shape index (κ3) is 13.5. The molecule has 0 amide bonds. The topological polar surface area (TPSA) is 87.0 Å². The van der Waals surface area contributed by atoms with Crippen LogP contribution in [0.2, 0.25) is 0 Å². The van der Waals surface area contributed by atoms with Gasteiger partial charge in [0.05, 0.1) is 12.2 Å². The Bertz CT molecular complexity index is 330. The first-order valence-electron chi connectivity index (χ1n) is 9.30. The SMILES string of the molecule is CCCCCC(O)C(/C=C/C(O)CCCCCCCC(=O)O)OC. The highest BCUT2D eigenvalue weighted by atomic mass is 16.5. The van der Waals surface area contributed by atoms with E-state index >= 15 is 0 Å². The molecule has 0 saturated carbocycles. The van der Waals surface area contributed by atoms with Crippen LogP contribution in [0.5, 0.6) is 0 Å². The molecule has 0 aliphatic heterocycles. The lowest BCUT2D eigenvalue weighted by atomic mass is 10.0. The van der Waals surface area contributed by atoms with E-state index in [0.717, 1.165) is 51.4 Å². The number of rotatable bonds is 16. The minimum atomic E-state index is -0.736. The summed E-state index contributed by atoms with van der Waals surface area (Å²) in [6.45, 7) is 2.13. The summed E-state index contributed by atoms with van der Waals surface area (Å²) in [6.07, 6.45) is 11.4. The van der Waals surface area contributed by atoms with Crippen LogP contribution >= 0.6 is 0 Å². The van der Waals surface area contributed by atoms with Gasteiger partial charge in [0.25, 0.3) is 0 Å². The predicted octanol–water partition coefficient (Wildman–Crippen LogP) is 3.68. The van der Waals surface area contributed by atoms with Gasteiger partial charge in [0.2, 0.25) is 0 Å². The maximum Gasteiger partial charge on any atom is 0.303 e. The van der Waals surface area contributed by atoms with Crippen molar-refractivity contribution in [2.45, 2.75) is 95.9 Å². The number of hydrogen-bond acceptors (Lipinski definition) is 4. The lowest BCUT2D eigenvalue weighted by molar-refractivity contribution is -0.137. The zero-order chi connectivity index (χ0) is 18.2. The highest BCUT2D eigenvalue weighted by molar-refractivity contribution is 5.66. The summed E-state index contributed by atoms with van der Waals surface area (Å²) in [5.74, 6) is -0.736. The molecule has 0 aromatic carbocycles. The van der Waals surface area contributed by atoms with Crippen LogP contribution in [0.25, 0.3) is 0 Å². The Labute approximate surface area is 146 Å². The van der Waals surface area contributed by atoms with Gasteiger partial charge < -0.3 is 20.1 Å². The Morgan fingerprint density at radius 1 is 0.958 bits per heavy atom. The molecule has 0 aliphatic carbocycles. The van der Waals surface area contributed by atoms with Gasteiger partial charge in [0.1, 0.15) is 6.10 Å². The van der Waals surface area contributed by atoms with Gasteiger partial charge in [-0.05, 0) is 19.3 Å². The van der Waals surface area contributed by atoms with Crippen molar-refractivity contribution in [2.75, 3.05) is 7.11 Å². The van der Waals surface area contributed by atoms with Crippen molar-refractivity contribution in [1.29, 1.82) is 0 Å². The first-order valence-corrected chi connectivity index (χ1v) is 9.30. The largest absolute Gasteiger partial charge is 0.481 e. The maximum atomic E-state index is 10.4. The average molecular weight is 344 g/mol. The Morgan fingerprint density at radius 2 is 1.58 bits per heavy atom. The van der Waals surface area contributed by atoms with Crippen LogP contribution < -0.4 is 0 Å². The Balaban J connectivity index is 3.83. The smallest absolute Gasteiger partial charge is 0.303 e. The summed E-state index contributed by atoms with van der Waals surface area (Å²) in [7, 11) is 1.57. The molecule has 0 saturated heterocycles. The van der Waals surface area contributed by atoms with Gasteiger partial charge in [0, 0.05) is 13.5 Å². The minimum Gasteiger partial charge on any atom is -0.481 e. The number of aliphatic hydroxyl groups excluding tert-OH is 2. The van der Waals surface area contributed by atoms with Crippen LogP contribution in [-0.2, 0) is 9.53 Å². The summed E-state index contributed by atoms with van der Waals surface area (Å²) in [5, 5.41) is 28.6. The van der Waals surface area contributed by atoms with Gasteiger partial charge in [-0.3, -0.25) is 4.79 Å². The number of ether oxygens (including phenoxy) is 1. The second-order valence-corrected chi connectivity index (χ2v) is 6.42. The molecule has 3 unspecified atom stereocenters. The van der Waals surface area contributed by atoms with Crippen LogP contribution in [0.3, 0.4) is 0 Å². The molecule has 0 aromatic rings. The van der Waals surface area contributed by atoms with Gasteiger partial charge in [-0.2, -0.15) is 0 Å². The average Bonchev–Trinajstić information content (AvgIpc) is 2.54. The number of carboxylic acid groups (broad SMARTS) is 1. The minimum absolute atomic E-state index is 0.240. The summed E-state index contributed by atoms with van der Waals surface area (Å²) < 4.78 is 5.29. The van der Waals surface area contributed by atoms with Crippen molar-refractivity contribution in [3.05, 3.63) is 12.2 Å². The number of hydrogen-bond donors (Lipinski definition) is 3. The highest BCUT2D eigenvalue weighted by Gasteiger charge is 2.15. The number of carboxylic acids is 1. The summed E-state index contributed by atoms with van der Waals surface area (Å²) >= 11 is 0. The molecule has 0 spiro atoms. The van der Waals surface area contributed by atoms with Crippen molar-refractivity contribution in [3.8, 4) is 0 Å². The normalized spacial score (nSPS) is 15.5. The van der Waals surface area contributed by atoms with E-state index in [0.29, 0.717) is 12.8 Å². The van der Waals surface area contributed by atoms with E-state index in [-0.39, 0.29) is 12.5 Å². The summed E-state index contributed by atoms with van der Waals surface area (Å²) in [5.41, 5.74) is 0. The van der Waals surface area contributed by atoms with E-state index < -0.39 is 18.2 Å². The van der Waals surface area contributed by atoms with Crippen LogP contribution in [-0.4, -0.2) is 46.7 Å². The Kier molecular flexibility index (Phi) is 15.0. The third-order valence-corrected chi connectivity index (χ3v) is 4.17. The zero-order valence-electron chi connectivity index (χ0n) is 15.3. The molecule has 0 rings (SSSR count).